The Hall–Kier alpha value is -2.76. The van der Waals surface area contributed by atoms with Crippen LogP contribution in [0, 0.1) is 5.92 Å². The predicted molar refractivity (Wildman–Crippen MR) is 91.6 cm³/mol. The topological polar surface area (TPSA) is 68.0 Å². The molecular weight excluding hydrogens is 300 g/mol. The molecular formula is C18H18N6. The van der Waals surface area contributed by atoms with E-state index in [1.165, 1.54) is 18.4 Å². The average Bonchev–Trinajstić information content (AvgIpc) is 3.20. The molecule has 3 aromatic rings. The van der Waals surface area contributed by atoms with E-state index in [4.69, 9.17) is 4.98 Å². The summed E-state index contributed by atoms with van der Waals surface area (Å²) in [4.78, 5) is 13.4. The van der Waals surface area contributed by atoms with E-state index in [0.717, 1.165) is 40.8 Å². The summed E-state index contributed by atoms with van der Waals surface area (Å²) >= 11 is 0. The zero-order valence-corrected chi connectivity index (χ0v) is 13.5. The van der Waals surface area contributed by atoms with Gasteiger partial charge in [-0.1, -0.05) is 6.08 Å². The van der Waals surface area contributed by atoms with Crippen molar-refractivity contribution in [2.45, 2.75) is 32.2 Å². The molecule has 0 aromatic carbocycles. The number of hydrogen-bond donors (Lipinski definition) is 1. The van der Waals surface area contributed by atoms with Gasteiger partial charge in [0.05, 0.1) is 5.69 Å². The number of aromatic nitrogens is 5. The Labute approximate surface area is 139 Å². The van der Waals surface area contributed by atoms with Gasteiger partial charge >= 0.3 is 0 Å². The highest BCUT2D eigenvalue weighted by Crippen LogP contribution is 2.35. The number of pyridine rings is 1. The van der Waals surface area contributed by atoms with Gasteiger partial charge in [-0.3, -0.25) is 0 Å². The van der Waals surface area contributed by atoms with Crippen LogP contribution in [0.5, 0.6) is 0 Å². The van der Waals surface area contributed by atoms with Crippen molar-refractivity contribution in [1.29, 1.82) is 0 Å². The molecule has 2 aliphatic carbocycles. The second-order valence-electron chi connectivity index (χ2n) is 6.63. The second-order valence-corrected chi connectivity index (χ2v) is 6.63. The molecule has 1 atom stereocenters. The van der Waals surface area contributed by atoms with Gasteiger partial charge in [0, 0.05) is 36.0 Å². The first-order chi connectivity index (χ1) is 11.8. The van der Waals surface area contributed by atoms with Gasteiger partial charge in [-0.05, 0) is 43.4 Å². The molecule has 2 aliphatic rings. The van der Waals surface area contributed by atoms with Gasteiger partial charge in [0.25, 0.3) is 0 Å². The zero-order chi connectivity index (χ0) is 16.1. The van der Waals surface area contributed by atoms with Gasteiger partial charge < -0.3 is 5.32 Å². The van der Waals surface area contributed by atoms with Crippen LogP contribution in [-0.2, 0) is 6.42 Å². The maximum absolute atomic E-state index is 4.72. The molecule has 1 fully saturated rings. The van der Waals surface area contributed by atoms with Crippen LogP contribution in [0.4, 0.5) is 5.95 Å². The van der Waals surface area contributed by atoms with Crippen LogP contribution >= 0.6 is 0 Å². The summed E-state index contributed by atoms with van der Waals surface area (Å²) in [5.41, 5.74) is 5.33. The molecule has 0 unspecified atom stereocenters. The molecule has 0 aliphatic heterocycles. The Morgan fingerprint density at radius 1 is 1.25 bits per heavy atom. The van der Waals surface area contributed by atoms with Crippen molar-refractivity contribution in [2.75, 3.05) is 5.32 Å². The lowest BCUT2D eigenvalue weighted by atomic mass is 10.0. The van der Waals surface area contributed by atoms with Gasteiger partial charge in [0.1, 0.15) is 6.33 Å². The van der Waals surface area contributed by atoms with Gasteiger partial charge in [0.2, 0.25) is 5.95 Å². The van der Waals surface area contributed by atoms with E-state index in [-0.39, 0.29) is 0 Å². The Kier molecular flexibility index (Phi) is 2.92. The van der Waals surface area contributed by atoms with E-state index in [9.17, 15) is 0 Å². The standard InChI is InChI=1S/C18H18N6/c1-11(12-2-3-12)22-18-19-8-15-14(5-6-16(15)23-18)13-4-7-17-20-10-21-24(17)9-13/h4-5,7-12H,2-3,6H2,1H3,(H,19,22,23)/t11-/m1/s1. The Morgan fingerprint density at radius 3 is 3.04 bits per heavy atom. The second kappa shape index (κ2) is 5.12. The molecule has 3 aromatic heterocycles. The first kappa shape index (κ1) is 13.7. The monoisotopic (exact) mass is 318 g/mol. The zero-order valence-electron chi connectivity index (χ0n) is 13.5. The first-order valence-electron chi connectivity index (χ1n) is 8.41. The minimum atomic E-state index is 0.451. The molecule has 6 heteroatoms. The minimum absolute atomic E-state index is 0.451. The van der Waals surface area contributed by atoms with E-state index in [1.807, 2.05) is 18.5 Å². The first-order valence-corrected chi connectivity index (χ1v) is 8.41. The van der Waals surface area contributed by atoms with Crippen LogP contribution in [0.15, 0.2) is 36.9 Å². The molecule has 0 radical (unpaired) electrons. The summed E-state index contributed by atoms with van der Waals surface area (Å²) in [5.74, 6) is 1.53. The molecule has 1 N–H and O–H groups in total. The number of anilines is 1. The van der Waals surface area contributed by atoms with Crippen molar-refractivity contribution < 1.29 is 0 Å². The summed E-state index contributed by atoms with van der Waals surface area (Å²) in [5, 5.41) is 7.65. The van der Waals surface area contributed by atoms with Crippen molar-refractivity contribution in [3.8, 4) is 0 Å². The Bertz CT molecular complexity index is 953. The average molecular weight is 318 g/mol. The number of fused-ring (bicyclic) bond motifs is 2. The highest BCUT2D eigenvalue weighted by atomic mass is 15.3. The van der Waals surface area contributed by atoms with E-state index in [0.29, 0.717) is 6.04 Å². The molecule has 120 valence electrons. The maximum atomic E-state index is 4.72. The third-order valence-corrected chi connectivity index (χ3v) is 4.93. The molecule has 0 amide bonds. The lowest BCUT2D eigenvalue weighted by Crippen LogP contribution is -2.19. The Morgan fingerprint density at radius 2 is 2.17 bits per heavy atom. The number of allylic oxidation sites excluding steroid dienone is 1. The van der Waals surface area contributed by atoms with Crippen molar-refractivity contribution >= 4 is 17.2 Å². The molecule has 0 bridgehead atoms. The fourth-order valence-corrected chi connectivity index (χ4v) is 3.34. The predicted octanol–water partition coefficient (Wildman–Crippen LogP) is 2.72. The molecule has 24 heavy (non-hydrogen) atoms. The van der Waals surface area contributed by atoms with Gasteiger partial charge in [-0.15, -0.1) is 0 Å². The highest BCUT2D eigenvalue weighted by molar-refractivity contribution is 5.83. The van der Waals surface area contributed by atoms with Crippen LogP contribution in [0.1, 0.15) is 36.6 Å². The van der Waals surface area contributed by atoms with Crippen LogP contribution in [0.2, 0.25) is 0 Å². The van der Waals surface area contributed by atoms with Crippen molar-refractivity contribution in [3.63, 3.8) is 0 Å². The third kappa shape index (κ3) is 2.26. The van der Waals surface area contributed by atoms with Crippen molar-refractivity contribution in [2.24, 2.45) is 5.92 Å². The third-order valence-electron chi connectivity index (χ3n) is 4.93. The van der Waals surface area contributed by atoms with E-state index in [1.54, 1.807) is 10.8 Å². The maximum Gasteiger partial charge on any atom is 0.223 e. The van der Waals surface area contributed by atoms with E-state index < -0.39 is 0 Å². The van der Waals surface area contributed by atoms with Gasteiger partial charge in [0.15, 0.2) is 5.65 Å². The molecule has 6 nitrogen and oxygen atoms in total. The van der Waals surface area contributed by atoms with Crippen LogP contribution < -0.4 is 5.32 Å². The Balaban J connectivity index is 1.44. The normalized spacial score (nSPS) is 17.6. The summed E-state index contributed by atoms with van der Waals surface area (Å²) < 4.78 is 1.79. The van der Waals surface area contributed by atoms with E-state index >= 15 is 0 Å². The largest absolute Gasteiger partial charge is 0.351 e. The van der Waals surface area contributed by atoms with Gasteiger partial charge in [-0.25, -0.2) is 19.5 Å². The van der Waals surface area contributed by atoms with Crippen LogP contribution in [-0.4, -0.2) is 30.6 Å². The molecule has 3 heterocycles. The van der Waals surface area contributed by atoms with Gasteiger partial charge in [-0.2, -0.15) is 5.10 Å². The lowest BCUT2D eigenvalue weighted by Gasteiger charge is -2.13. The molecule has 0 saturated heterocycles. The quantitative estimate of drug-likeness (QED) is 0.801. The fraction of sp³-hybridized carbons (Fsp3) is 0.333. The lowest BCUT2D eigenvalue weighted by molar-refractivity contribution is 0.685. The van der Waals surface area contributed by atoms with E-state index in [2.05, 4.69) is 39.4 Å². The molecule has 5 rings (SSSR count). The minimum Gasteiger partial charge on any atom is -0.351 e. The van der Waals surface area contributed by atoms with Crippen LogP contribution in [0.25, 0.3) is 11.2 Å². The number of nitrogens with one attached hydrogen (secondary N) is 1. The number of rotatable bonds is 4. The SMILES string of the molecule is C[C@@H](Nc1ncc2c(n1)CC=C2c1ccc2ncnn2c1)C1CC1. The number of hydrogen-bond acceptors (Lipinski definition) is 5. The fourth-order valence-electron chi connectivity index (χ4n) is 3.34. The smallest absolute Gasteiger partial charge is 0.223 e. The van der Waals surface area contributed by atoms with Crippen LogP contribution in [0.3, 0.4) is 0 Å². The number of nitrogens with zero attached hydrogens (tertiary/aromatic N) is 5. The summed E-state index contributed by atoms with van der Waals surface area (Å²) in [6.07, 6.45) is 11.2. The molecule has 0 spiro atoms. The van der Waals surface area contributed by atoms with Crippen molar-refractivity contribution in [1.82, 2.24) is 24.6 Å². The highest BCUT2D eigenvalue weighted by Gasteiger charge is 2.28. The molecule has 1 saturated carbocycles. The summed E-state index contributed by atoms with van der Waals surface area (Å²) in [6, 6.07) is 4.51. The summed E-state index contributed by atoms with van der Waals surface area (Å²) in [7, 11) is 0. The van der Waals surface area contributed by atoms with Crippen molar-refractivity contribution in [3.05, 3.63) is 53.8 Å². The summed E-state index contributed by atoms with van der Waals surface area (Å²) in [6.45, 7) is 2.21.